The third kappa shape index (κ3) is 3.86. The molecule has 3 rings (SSSR count). The molecule has 0 amide bonds. The van der Waals surface area contributed by atoms with Crippen LogP contribution in [0.2, 0.25) is 0 Å². The Morgan fingerprint density at radius 3 is 2.56 bits per heavy atom. The van der Waals surface area contributed by atoms with Crippen LogP contribution < -0.4 is 0 Å². The van der Waals surface area contributed by atoms with Gasteiger partial charge in [0.2, 0.25) is 5.89 Å². The third-order valence-electron chi connectivity index (χ3n) is 3.37. The van der Waals surface area contributed by atoms with Crippen LogP contribution in [0.4, 0.5) is 5.69 Å². The molecule has 8 nitrogen and oxygen atoms in total. The van der Waals surface area contributed by atoms with Crippen molar-refractivity contribution in [3.8, 4) is 11.5 Å². The number of non-ortho nitro benzene ring substituents is 1. The quantitative estimate of drug-likeness (QED) is 0.398. The molecular weight excluding hydrogens is 326 g/mol. The van der Waals surface area contributed by atoms with Crippen LogP contribution in [0.5, 0.6) is 0 Å². The number of aryl methyl sites for hydroxylation is 1. The smallest absolute Gasteiger partial charge is 0.340 e. The lowest BCUT2D eigenvalue weighted by Crippen LogP contribution is -2.05. The van der Waals surface area contributed by atoms with Crippen LogP contribution in [0, 0.1) is 17.0 Å². The predicted molar refractivity (Wildman–Crippen MR) is 86.7 cm³/mol. The van der Waals surface area contributed by atoms with Crippen LogP contribution in [0.3, 0.4) is 0 Å². The Balaban J connectivity index is 1.64. The molecule has 0 radical (unpaired) electrons. The summed E-state index contributed by atoms with van der Waals surface area (Å²) in [5.41, 5.74) is 1.72. The SMILES string of the molecule is Cc1ccc(C(=O)OCc2cnc(-c3ccc([N+](=O)[O-])cc3)o2)cn1. The molecule has 0 unspecified atom stereocenters. The van der Waals surface area contributed by atoms with Crippen LogP contribution in [-0.2, 0) is 11.3 Å². The van der Waals surface area contributed by atoms with Gasteiger partial charge in [0.25, 0.3) is 5.69 Å². The van der Waals surface area contributed by atoms with Gasteiger partial charge in [0, 0.05) is 29.6 Å². The number of nitrogens with zero attached hydrogens (tertiary/aromatic N) is 3. The van der Waals surface area contributed by atoms with E-state index in [-0.39, 0.29) is 18.2 Å². The number of nitro groups is 1. The predicted octanol–water partition coefficient (Wildman–Crippen LogP) is 3.31. The van der Waals surface area contributed by atoms with Crippen LogP contribution >= 0.6 is 0 Å². The van der Waals surface area contributed by atoms with E-state index in [1.54, 1.807) is 12.1 Å². The van der Waals surface area contributed by atoms with Crippen molar-refractivity contribution in [2.24, 2.45) is 0 Å². The second-order valence-electron chi connectivity index (χ2n) is 5.20. The van der Waals surface area contributed by atoms with Gasteiger partial charge in [-0.2, -0.15) is 0 Å². The summed E-state index contributed by atoms with van der Waals surface area (Å²) >= 11 is 0. The van der Waals surface area contributed by atoms with E-state index in [2.05, 4.69) is 9.97 Å². The molecular formula is C17H13N3O5. The largest absolute Gasteiger partial charge is 0.454 e. The van der Waals surface area contributed by atoms with E-state index in [4.69, 9.17) is 9.15 Å². The molecule has 0 saturated carbocycles. The lowest BCUT2D eigenvalue weighted by molar-refractivity contribution is -0.384. The Labute approximate surface area is 142 Å². The first-order valence-electron chi connectivity index (χ1n) is 7.32. The maximum absolute atomic E-state index is 11.9. The number of oxazole rings is 1. The topological polar surface area (TPSA) is 108 Å². The molecule has 2 aromatic heterocycles. The highest BCUT2D eigenvalue weighted by Crippen LogP contribution is 2.22. The average molecular weight is 339 g/mol. The van der Waals surface area contributed by atoms with Crippen molar-refractivity contribution in [1.82, 2.24) is 9.97 Å². The first-order valence-corrected chi connectivity index (χ1v) is 7.32. The second kappa shape index (κ2) is 6.91. The van der Waals surface area contributed by atoms with Gasteiger partial charge in [0.05, 0.1) is 16.7 Å². The Bertz CT molecular complexity index is 901. The van der Waals surface area contributed by atoms with Crippen LogP contribution in [0.25, 0.3) is 11.5 Å². The Hall–Kier alpha value is -3.55. The van der Waals surface area contributed by atoms with E-state index in [1.165, 1.54) is 36.7 Å². The van der Waals surface area contributed by atoms with Crippen molar-refractivity contribution in [1.29, 1.82) is 0 Å². The number of aromatic nitrogens is 2. The molecule has 0 aliphatic heterocycles. The standard InChI is InChI=1S/C17H13N3O5/c1-11-2-3-13(8-18-11)17(21)24-10-15-9-19-16(25-15)12-4-6-14(7-5-12)20(22)23/h2-9H,10H2,1H3. The van der Waals surface area contributed by atoms with Gasteiger partial charge in [0.1, 0.15) is 0 Å². The number of esters is 1. The minimum Gasteiger partial charge on any atom is -0.454 e. The van der Waals surface area contributed by atoms with Crippen molar-refractivity contribution in [3.05, 3.63) is 75.9 Å². The van der Waals surface area contributed by atoms with E-state index in [0.717, 1.165) is 5.69 Å². The van der Waals surface area contributed by atoms with E-state index in [9.17, 15) is 14.9 Å². The molecule has 0 spiro atoms. The van der Waals surface area contributed by atoms with Crippen molar-refractivity contribution in [2.45, 2.75) is 13.5 Å². The fraction of sp³-hybridized carbons (Fsp3) is 0.118. The summed E-state index contributed by atoms with van der Waals surface area (Å²) in [4.78, 5) is 30.2. The van der Waals surface area contributed by atoms with E-state index in [1.807, 2.05) is 6.92 Å². The number of hydrogen-bond donors (Lipinski definition) is 0. The molecule has 3 aromatic rings. The van der Waals surface area contributed by atoms with Gasteiger partial charge in [-0.05, 0) is 31.2 Å². The molecule has 2 heterocycles. The molecule has 0 N–H and O–H groups in total. The van der Waals surface area contributed by atoms with E-state index in [0.29, 0.717) is 16.9 Å². The van der Waals surface area contributed by atoms with Crippen LogP contribution in [0.1, 0.15) is 21.8 Å². The lowest BCUT2D eigenvalue weighted by atomic mass is 10.2. The molecule has 126 valence electrons. The van der Waals surface area contributed by atoms with Gasteiger partial charge >= 0.3 is 5.97 Å². The fourth-order valence-electron chi connectivity index (χ4n) is 2.04. The summed E-state index contributed by atoms with van der Waals surface area (Å²) in [5, 5.41) is 10.7. The second-order valence-corrected chi connectivity index (χ2v) is 5.20. The van der Waals surface area contributed by atoms with Gasteiger partial charge < -0.3 is 9.15 Å². The van der Waals surface area contributed by atoms with Crippen LogP contribution in [-0.4, -0.2) is 20.9 Å². The Kier molecular flexibility index (Phi) is 4.51. The fourth-order valence-corrected chi connectivity index (χ4v) is 2.04. The Morgan fingerprint density at radius 1 is 1.16 bits per heavy atom. The summed E-state index contributed by atoms with van der Waals surface area (Å²) < 4.78 is 10.7. The number of carbonyl (C=O) groups excluding carboxylic acids is 1. The van der Waals surface area contributed by atoms with Crippen molar-refractivity contribution in [3.63, 3.8) is 0 Å². The molecule has 0 saturated heterocycles. The van der Waals surface area contributed by atoms with Crippen molar-refractivity contribution < 1.29 is 18.9 Å². The number of nitro benzene ring substituents is 1. The van der Waals surface area contributed by atoms with Gasteiger partial charge in [0.15, 0.2) is 12.4 Å². The number of carbonyl (C=O) groups is 1. The van der Waals surface area contributed by atoms with Crippen LogP contribution in [0.15, 0.2) is 53.2 Å². The molecule has 1 aromatic carbocycles. The summed E-state index contributed by atoms with van der Waals surface area (Å²) in [6.07, 6.45) is 2.89. The van der Waals surface area contributed by atoms with Gasteiger partial charge in [-0.1, -0.05) is 0 Å². The number of benzene rings is 1. The molecule has 0 fully saturated rings. The first-order chi connectivity index (χ1) is 12.0. The molecule has 0 atom stereocenters. The highest BCUT2D eigenvalue weighted by molar-refractivity contribution is 5.88. The van der Waals surface area contributed by atoms with Gasteiger partial charge in [-0.15, -0.1) is 0 Å². The number of pyridine rings is 1. The summed E-state index contributed by atoms with van der Waals surface area (Å²) in [7, 11) is 0. The third-order valence-corrected chi connectivity index (χ3v) is 3.37. The van der Waals surface area contributed by atoms with Crippen molar-refractivity contribution in [2.75, 3.05) is 0 Å². The lowest BCUT2D eigenvalue weighted by Gasteiger charge is -2.02. The molecule has 0 bridgehead atoms. The highest BCUT2D eigenvalue weighted by Gasteiger charge is 2.12. The first kappa shape index (κ1) is 16.3. The highest BCUT2D eigenvalue weighted by atomic mass is 16.6. The summed E-state index contributed by atoms with van der Waals surface area (Å²) in [5.74, 6) is 0.139. The normalized spacial score (nSPS) is 10.4. The average Bonchev–Trinajstić information content (AvgIpc) is 3.09. The number of rotatable bonds is 5. The molecule has 0 aliphatic rings. The summed E-state index contributed by atoms with van der Waals surface area (Å²) in [6.45, 7) is 1.75. The number of hydrogen-bond acceptors (Lipinski definition) is 7. The zero-order valence-electron chi connectivity index (χ0n) is 13.2. The molecule has 8 heteroatoms. The van der Waals surface area contributed by atoms with E-state index < -0.39 is 10.9 Å². The minimum atomic E-state index is -0.513. The van der Waals surface area contributed by atoms with Gasteiger partial charge in [-0.3, -0.25) is 15.1 Å². The van der Waals surface area contributed by atoms with E-state index >= 15 is 0 Å². The Morgan fingerprint density at radius 2 is 1.92 bits per heavy atom. The monoisotopic (exact) mass is 339 g/mol. The molecule has 25 heavy (non-hydrogen) atoms. The summed E-state index contributed by atoms with van der Waals surface area (Å²) in [6, 6.07) is 9.16. The molecule has 0 aliphatic carbocycles. The zero-order valence-corrected chi connectivity index (χ0v) is 13.2. The maximum Gasteiger partial charge on any atom is 0.340 e. The minimum absolute atomic E-state index is 0.0174. The number of ether oxygens (including phenoxy) is 1. The zero-order chi connectivity index (χ0) is 17.8. The van der Waals surface area contributed by atoms with Crippen molar-refractivity contribution >= 4 is 11.7 Å². The maximum atomic E-state index is 11.9. The van der Waals surface area contributed by atoms with Gasteiger partial charge in [-0.25, -0.2) is 9.78 Å².